The molecule has 0 amide bonds. The molecule has 92 valence electrons. The smallest absolute Gasteiger partial charge is 0.133 e. The van der Waals surface area contributed by atoms with Gasteiger partial charge < -0.3 is 5.32 Å². The van der Waals surface area contributed by atoms with Gasteiger partial charge in [0, 0.05) is 29.7 Å². The highest BCUT2D eigenvalue weighted by Gasteiger charge is 2.16. The lowest BCUT2D eigenvalue weighted by molar-refractivity contribution is 0.585. The normalized spacial score (nSPS) is 13.7. The van der Waals surface area contributed by atoms with Gasteiger partial charge in [0.05, 0.1) is 0 Å². The van der Waals surface area contributed by atoms with Crippen molar-refractivity contribution < 1.29 is 8.78 Å². The molecule has 2 aromatic carbocycles. The molecule has 0 fully saturated rings. The zero-order chi connectivity index (χ0) is 12.7. The third-order valence-electron chi connectivity index (χ3n) is 3.15. The highest BCUT2D eigenvalue weighted by molar-refractivity contribution is 6.31. The standard InChI is InChI=1S/C14H10ClF2N/c15-13-4-8(3-9-6-18-7-12(9)13)11-2-1-10(16)5-14(11)17/h1-5,18H,6-7H2. The number of nitrogens with one attached hydrogen (secondary N) is 1. The first kappa shape index (κ1) is 11.6. The zero-order valence-electron chi connectivity index (χ0n) is 9.43. The van der Waals surface area contributed by atoms with Gasteiger partial charge >= 0.3 is 0 Å². The highest BCUT2D eigenvalue weighted by atomic mass is 35.5. The second-order valence-electron chi connectivity index (χ2n) is 4.32. The van der Waals surface area contributed by atoms with Crippen molar-refractivity contribution in [2.75, 3.05) is 0 Å². The van der Waals surface area contributed by atoms with Gasteiger partial charge in [-0.25, -0.2) is 8.78 Å². The molecule has 1 aliphatic rings. The van der Waals surface area contributed by atoms with Gasteiger partial charge in [-0.15, -0.1) is 0 Å². The van der Waals surface area contributed by atoms with Crippen LogP contribution in [0.2, 0.25) is 5.02 Å². The number of rotatable bonds is 1. The van der Waals surface area contributed by atoms with Crippen LogP contribution in [0.3, 0.4) is 0 Å². The fourth-order valence-electron chi connectivity index (χ4n) is 2.25. The molecular weight excluding hydrogens is 256 g/mol. The topological polar surface area (TPSA) is 12.0 Å². The molecule has 0 bridgehead atoms. The van der Waals surface area contributed by atoms with Gasteiger partial charge in [0.2, 0.25) is 0 Å². The largest absolute Gasteiger partial charge is 0.309 e. The molecule has 0 unspecified atom stereocenters. The van der Waals surface area contributed by atoms with Crippen LogP contribution in [-0.4, -0.2) is 0 Å². The first-order valence-electron chi connectivity index (χ1n) is 5.62. The van der Waals surface area contributed by atoms with Crippen LogP contribution in [0.5, 0.6) is 0 Å². The fraction of sp³-hybridized carbons (Fsp3) is 0.143. The summed E-state index contributed by atoms with van der Waals surface area (Å²) in [5, 5.41) is 3.81. The van der Waals surface area contributed by atoms with Crippen molar-refractivity contribution in [2.24, 2.45) is 0 Å². The van der Waals surface area contributed by atoms with E-state index in [0.717, 1.165) is 30.3 Å². The van der Waals surface area contributed by atoms with Gasteiger partial charge in [0.1, 0.15) is 11.6 Å². The van der Waals surface area contributed by atoms with Crippen molar-refractivity contribution in [2.45, 2.75) is 13.1 Å². The number of halogens is 3. The molecule has 1 heterocycles. The van der Waals surface area contributed by atoms with E-state index < -0.39 is 11.6 Å². The molecule has 1 nitrogen and oxygen atoms in total. The molecule has 0 aliphatic carbocycles. The molecule has 1 aliphatic heterocycles. The van der Waals surface area contributed by atoms with E-state index in [1.54, 1.807) is 6.07 Å². The summed E-state index contributed by atoms with van der Waals surface area (Å²) in [4.78, 5) is 0. The maximum Gasteiger partial charge on any atom is 0.133 e. The lowest BCUT2D eigenvalue weighted by Crippen LogP contribution is -2.00. The van der Waals surface area contributed by atoms with E-state index in [1.165, 1.54) is 12.1 Å². The molecule has 0 atom stereocenters. The molecular formula is C14H10ClF2N. The van der Waals surface area contributed by atoms with E-state index in [9.17, 15) is 8.78 Å². The first-order valence-corrected chi connectivity index (χ1v) is 6.00. The third-order valence-corrected chi connectivity index (χ3v) is 3.48. The van der Waals surface area contributed by atoms with E-state index in [0.29, 0.717) is 16.1 Å². The van der Waals surface area contributed by atoms with E-state index in [4.69, 9.17) is 11.6 Å². The summed E-state index contributed by atoms with van der Waals surface area (Å²) in [5.74, 6) is -1.15. The average Bonchev–Trinajstić information content (AvgIpc) is 2.77. The van der Waals surface area contributed by atoms with Gasteiger partial charge in [-0.2, -0.15) is 0 Å². The van der Waals surface area contributed by atoms with Gasteiger partial charge in [0.25, 0.3) is 0 Å². The SMILES string of the molecule is Fc1ccc(-c2cc(Cl)c3c(c2)CNC3)c(F)c1. The Bertz CT molecular complexity index is 625. The minimum Gasteiger partial charge on any atom is -0.309 e. The molecule has 1 N–H and O–H groups in total. The summed E-state index contributed by atoms with van der Waals surface area (Å²) in [5.41, 5.74) is 3.18. The molecule has 4 heteroatoms. The van der Waals surface area contributed by atoms with Crippen LogP contribution in [-0.2, 0) is 13.1 Å². The van der Waals surface area contributed by atoms with Crippen LogP contribution in [0.25, 0.3) is 11.1 Å². The third kappa shape index (κ3) is 1.89. The summed E-state index contributed by atoms with van der Waals surface area (Å²) >= 11 is 6.17. The Morgan fingerprint density at radius 2 is 1.89 bits per heavy atom. The Labute approximate surface area is 108 Å². The summed E-state index contributed by atoms with van der Waals surface area (Å²) in [6.45, 7) is 1.46. The monoisotopic (exact) mass is 265 g/mol. The Hall–Kier alpha value is -1.45. The minimum absolute atomic E-state index is 0.369. The summed E-state index contributed by atoms with van der Waals surface area (Å²) in [7, 11) is 0. The van der Waals surface area contributed by atoms with E-state index in [1.807, 2.05) is 6.07 Å². The summed E-state index contributed by atoms with van der Waals surface area (Å²) in [6.07, 6.45) is 0. The van der Waals surface area contributed by atoms with Crippen LogP contribution in [0.1, 0.15) is 11.1 Å². The van der Waals surface area contributed by atoms with Crippen LogP contribution < -0.4 is 5.32 Å². The molecule has 0 saturated heterocycles. The Morgan fingerprint density at radius 3 is 2.67 bits per heavy atom. The van der Waals surface area contributed by atoms with Crippen molar-refractivity contribution in [1.82, 2.24) is 5.32 Å². The van der Waals surface area contributed by atoms with Gasteiger partial charge in [-0.1, -0.05) is 11.6 Å². The molecule has 0 saturated carbocycles. The molecule has 0 radical (unpaired) electrons. The fourth-order valence-corrected chi connectivity index (χ4v) is 2.56. The van der Waals surface area contributed by atoms with Gasteiger partial charge in [-0.3, -0.25) is 0 Å². The second-order valence-corrected chi connectivity index (χ2v) is 4.73. The molecule has 0 spiro atoms. The first-order chi connectivity index (χ1) is 8.65. The predicted octanol–water partition coefficient (Wildman–Crippen LogP) is 3.89. The van der Waals surface area contributed by atoms with Crippen LogP contribution >= 0.6 is 11.6 Å². The maximum atomic E-state index is 13.7. The van der Waals surface area contributed by atoms with E-state index in [2.05, 4.69) is 5.32 Å². The number of fused-ring (bicyclic) bond motifs is 1. The number of hydrogen-bond donors (Lipinski definition) is 1. The van der Waals surface area contributed by atoms with Crippen LogP contribution in [0, 0.1) is 11.6 Å². The number of benzene rings is 2. The quantitative estimate of drug-likeness (QED) is 0.825. The summed E-state index contributed by atoms with van der Waals surface area (Å²) in [6, 6.07) is 7.19. The van der Waals surface area contributed by atoms with Crippen molar-refractivity contribution in [1.29, 1.82) is 0 Å². The van der Waals surface area contributed by atoms with Crippen molar-refractivity contribution in [3.05, 3.63) is 58.1 Å². The van der Waals surface area contributed by atoms with Gasteiger partial charge in [-0.05, 0) is 41.0 Å². The molecule has 2 aromatic rings. The van der Waals surface area contributed by atoms with Crippen molar-refractivity contribution in [3.8, 4) is 11.1 Å². The zero-order valence-corrected chi connectivity index (χ0v) is 10.2. The lowest BCUT2D eigenvalue weighted by Gasteiger charge is -2.08. The summed E-state index contributed by atoms with van der Waals surface area (Å²) < 4.78 is 26.6. The number of hydrogen-bond acceptors (Lipinski definition) is 1. The second kappa shape index (κ2) is 4.34. The Morgan fingerprint density at radius 1 is 1.06 bits per heavy atom. The van der Waals surface area contributed by atoms with Crippen molar-refractivity contribution in [3.63, 3.8) is 0 Å². The maximum absolute atomic E-state index is 13.7. The van der Waals surface area contributed by atoms with Crippen LogP contribution in [0.15, 0.2) is 30.3 Å². The van der Waals surface area contributed by atoms with Gasteiger partial charge in [0.15, 0.2) is 0 Å². The Kier molecular flexibility index (Phi) is 2.80. The average molecular weight is 266 g/mol. The minimum atomic E-state index is -0.579. The van der Waals surface area contributed by atoms with E-state index >= 15 is 0 Å². The molecule has 18 heavy (non-hydrogen) atoms. The molecule has 3 rings (SSSR count). The molecule has 0 aromatic heterocycles. The predicted molar refractivity (Wildman–Crippen MR) is 67.3 cm³/mol. The van der Waals surface area contributed by atoms with Crippen LogP contribution in [0.4, 0.5) is 8.78 Å². The lowest BCUT2D eigenvalue weighted by atomic mass is 10.00. The van der Waals surface area contributed by atoms with Crippen molar-refractivity contribution >= 4 is 11.6 Å². The van der Waals surface area contributed by atoms with E-state index in [-0.39, 0.29) is 0 Å². The highest BCUT2D eigenvalue weighted by Crippen LogP contribution is 2.32. The Balaban J connectivity index is 2.15.